The lowest BCUT2D eigenvalue weighted by Gasteiger charge is -2.32. The fraction of sp³-hybridized carbons (Fsp3) is 0.667. The molecule has 0 unspecified atom stereocenters. The Bertz CT molecular complexity index is 937. The van der Waals surface area contributed by atoms with Crippen LogP contribution in [0.25, 0.3) is 0 Å². The highest BCUT2D eigenvalue weighted by Gasteiger charge is 2.79. The minimum atomic E-state index is -4.15. The summed E-state index contributed by atoms with van der Waals surface area (Å²) < 4.78 is 40.1. The van der Waals surface area contributed by atoms with E-state index in [0.29, 0.717) is 0 Å². The first-order valence-corrected chi connectivity index (χ1v) is 8.63. The van der Waals surface area contributed by atoms with Gasteiger partial charge in [-0.2, -0.15) is 8.42 Å². The number of hydrogen-bond acceptors (Lipinski definition) is 9. The van der Waals surface area contributed by atoms with Crippen molar-refractivity contribution in [2.45, 2.75) is 36.7 Å². The van der Waals surface area contributed by atoms with Gasteiger partial charge in [0.2, 0.25) is 11.4 Å². The zero-order chi connectivity index (χ0) is 17.5. The summed E-state index contributed by atoms with van der Waals surface area (Å²) in [6, 6.07) is 0. The molecule has 132 valence electrons. The van der Waals surface area contributed by atoms with Crippen LogP contribution in [0.3, 0.4) is 0 Å². The van der Waals surface area contributed by atoms with Crippen molar-refractivity contribution < 1.29 is 32.3 Å². The zero-order valence-electron chi connectivity index (χ0n) is 12.3. The molecule has 0 saturated carbocycles. The molecule has 3 N–H and O–H groups in total. The third-order valence-electron chi connectivity index (χ3n) is 4.63. The number of aliphatic hydroxyl groups excluding tert-OH is 1. The van der Waals surface area contributed by atoms with Crippen molar-refractivity contribution in [2.24, 2.45) is 0 Å². The van der Waals surface area contributed by atoms with Gasteiger partial charge in [-0.25, -0.2) is 4.79 Å². The smallest absolute Gasteiger partial charge is 0.330 e. The standard InChI is InChI=1S/C12H14N2O9S/c1-5-2-14(10(17)13-8(5)16)9-7(15)12-6(22-9)3-21-11(12,18)4-24(19,20)23-12/h2,6-7,9,15,18H,3-4H2,1H3,(H,13,16,17)/t6-,7+,9-,11+,12-/m1/s1. The number of ether oxygens (including phenoxy) is 2. The van der Waals surface area contributed by atoms with Gasteiger partial charge in [0.25, 0.3) is 15.7 Å². The topological polar surface area (TPSA) is 157 Å². The molecule has 11 nitrogen and oxygen atoms in total. The van der Waals surface area contributed by atoms with Crippen LogP contribution in [-0.4, -0.2) is 64.1 Å². The van der Waals surface area contributed by atoms with E-state index in [4.69, 9.17) is 13.7 Å². The summed E-state index contributed by atoms with van der Waals surface area (Å²) in [4.78, 5) is 25.5. The van der Waals surface area contributed by atoms with Crippen molar-refractivity contribution in [3.05, 3.63) is 32.6 Å². The summed E-state index contributed by atoms with van der Waals surface area (Å²) in [5.41, 5.74) is -3.33. The number of aryl methyl sites for hydroxylation is 1. The van der Waals surface area contributed by atoms with Crippen LogP contribution >= 0.6 is 0 Å². The first kappa shape index (κ1) is 15.9. The fourth-order valence-electron chi connectivity index (χ4n) is 3.51. The quantitative estimate of drug-likeness (QED) is 0.441. The molecule has 1 aromatic rings. The Balaban J connectivity index is 1.84. The van der Waals surface area contributed by atoms with Crippen LogP contribution in [0.4, 0.5) is 0 Å². The fourth-order valence-corrected chi connectivity index (χ4v) is 5.12. The maximum Gasteiger partial charge on any atom is 0.330 e. The third kappa shape index (κ3) is 1.80. The van der Waals surface area contributed by atoms with Gasteiger partial charge < -0.3 is 19.7 Å². The van der Waals surface area contributed by atoms with Crippen molar-refractivity contribution in [3.8, 4) is 0 Å². The lowest BCUT2D eigenvalue weighted by molar-refractivity contribution is -0.238. The largest absolute Gasteiger partial charge is 0.385 e. The van der Waals surface area contributed by atoms with Crippen LogP contribution < -0.4 is 11.2 Å². The first-order valence-electron chi connectivity index (χ1n) is 7.05. The molecule has 0 aliphatic carbocycles. The molecule has 3 saturated heterocycles. The molecular formula is C12H14N2O9S. The maximum atomic E-state index is 12.0. The third-order valence-corrected chi connectivity index (χ3v) is 5.91. The summed E-state index contributed by atoms with van der Waals surface area (Å²) in [7, 11) is -4.15. The molecule has 0 amide bonds. The van der Waals surface area contributed by atoms with Gasteiger partial charge in [-0.1, -0.05) is 0 Å². The average Bonchev–Trinajstić information content (AvgIpc) is 2.96. The number of hydrogen-bond donors (Lipinski definition) is 3. The van der Waals surface area contributed by atoms with Crippen molar-refractivity contribution >= 4 is 10.1 Å². The highest BCUT2D eigenvalue weighted by molar-refractivity contribution is 7.87. The molecule has 4 heterocycles. The number of aliphatic hydroxyl groups is 2. The van der Waals surface area contributed by atoms with E-state index >= 15 is 0 Å². The minimum absolute atomic E-state index is 0.187. The van der Waals surface area contributed by atoms with E-state index in [1.54, 1.807) is 0 Å². The molecule has 1 aromatic heterocycles. The van der Waals surface area contributed by atoms with Crippen molar-refractivity contribution in [3.63, 3.8) is 0 Å². The van der Waals surface area contributed by atoms with Gasteiger partial charge in [-0.3, -0.25) is 18.5 Å². The molecule has 0 bridgehead atoms. The van der Waals surface area contributed by atoms with Gasteiger partial charge in [-0.15, -0.1) is 0 Å². The van der Waals surface area contributed by atoms with Gasteiger partial charge in [0, 0.05) is 11.8 Å². The molecule has 12 heteroatoms. The number of aromatic nitrogens is 2. The van der Waals surface area contributed by atoms with E-state index in [1.807, 2.05) is 0 Å². The number of H-pyrrole nitrogens is 1. The van der Waals surface area contributed by atoms with Crippen LogP contribution in [-0.2, 0) is 23.8 Å². The molecule has 4 rings (SSSR count). The maximum absolute atomic E-state index is 12.0. The Kier molecular flexibility index (Phi) is 3.01. The average molecular weight is 362 g/mol. The van der Waals surface area contributed by atoms with Crippen molar-refractivity contribution in [1.82, 2.24) is 9.55 Å². The second kappa shape index (κ2) is 4.53. The molecule has 5 atom stereocenters. The predicted molar refractivity (Wildman–Crippen MR) is 74.5 cm³/mol. The Hall–Kier alpha value is -1.57. The van der Waals surface area contributed by atoms with Crippen LogP contribution in [0.2, 0.25) is 0 Å². The van der Waals surface area contributed by atoms with E-state index in [0.717, 1.165) is 4.57 Å². The summed E-state index contributed by atoms with van der Waals surface area (Å²) in [6.45, 7) is 1.22. The molecule has 3 fully saturated rings. The van der Waals surface area contributed by atoms with E-state index in [9.17, 15) is 28.2 Å². The summed E-state index contributed by atoms with van der Waals surface area (Å²) >= 11 is 0. The van der Waals surface area contributed by atoms with Crippen molar-refractivity contribution in [2.75, 3.05) is 12.4 Å². The number of rotatable bonds is 1. The lowest BCUT2D eigenvalue weighted by atomic mass is 9.86. The number of nitrogens with one attached hydrogen (secondary N) is 1. The van der Waals surface area contributed by atoms with E-state index < -0.39 is 56.9 Å². The Morgan fingerprint density at radius 3 is 2.83 bits per heavy atom. The Morgan fingerprint density at radius 2 is 2.12 bits per heavy atom. The van der Waals surface area contributed by atoms with Crippen LogP contribution in [0.1, 0.15) is 11.8 Å². The molecule has 3 aliphatic rings. The number of nitrogens with zero attached hydrogens (tertiary/aromatic N) is 1. The molecule has 24 heavy (non-hydrogen) atoms. The van der Waals surface area contributed by atoms with E-state index in [-0.39, 0.29) is 12.2 Å². The molecule has 1 spiro atoms. The summed E-state index contributed by atoms with van der Waals surface area (Å²) in [6.07, 6.45) is -3.02. The zero-order valence-corrected chi connectivity index (χ0v) is 13.1. The second-order valence-corrected chi connectivity index (χ2v) is 7.68. The van der Waals surface area contributed by atoms with Crippen LogP contribution in [0, 0.1) is 6.92 Å². The molecule has 3 aliphatic heterocycles. The Morgan fingerprint density at radius 1 is 1.42 bits per heavy atom. The second-order valence-electron chi connectivity index (χ2n) is 6.11. The monoisotopic (exact) mass is 362 g/mol. The summed E-state index contributed by atoms with van der Waals surface area (Å²) in [5, 5.41) is 21.2. The first-order chi connectivity index (χ1) is 11.1. The van der Waals surface area contributed by atoms with Crippen LogP contribution in [0.15, 0.2) is 15.8 Å². The molecule has 0 radical (unpaired) electrons. The molecule has 0 aromatic carbocycles. The summed E-state index contributed by atoms with van der Waals surface area (Å²) in [5.74, 6) is -3.14. The van der Waals surface area contributed by atoms with Crippen molar-refractivity contribution in [1.29, 1.82) is 0 Å². The minimum Gasteiger partial charge on any atom is -0.385 e. The van der Waals surface area contributed by atoms with Gasteiger partial charge in [-0.05, 0) is 6.92 Å². The normalized spacial score (nSPS) is 42.9. The van der Waals surface area contributed by atoms with Gasteiger partial charge in [0.15, 0.2) is 6.23 Å². The van der Waals surface area contributed by atoms with E-state index in [2.05, 4.69) is 4.98 Å². The number of aromatic amines is 1. The predicted octanol–water partition coefficient (Wildman–Crippen LogP) is -3.08. The van der Waals surface area contributed by atoms with Crippen LogP contribution in [0.5, 0.6) is 0 Å². The highest BCUT2D eigenvalue weighted by atomic mass is 32.2. The van der Waals surface area contributed by atoms with Gasteiger partial charge in [0.1, 0.15) is 18.0 Å². The van der Waals surface area contributed by atoms with Gasteiger partial charge in [0.05, 0.1) is 6.61 Å². The highest BCUT2D eigenvalue weighted by Crippen LogP contribution is 2.55. The lowest BCUT2D eigenvalue weighted by Crippen LogP contribution is -2.59. The van der Waals surface area contributed by atoms with E-state index in [1.165, 1.54) is 13.1 Å². The Labute approximate surface area is 134 Å². The SMILES string of the molecule is Cc1cn([C@@H]2O[C@@H]3CO[C@@]4(O)CS(=O)(=O)O[C@@]34[C@H]2O)c(=O)[nH]c1=O. The molecular weight excluding hydrogens is 348 g/mol. The van der Waals surface area contributed by atoms with Gasteiger partial charge >= 0.3 is 5.69 Å².